The molecule has 88 valence electrons. The Morgan fingerprint density at radius 2 is 2.29 bits per heavy atom. The summed E-state index contributed by atoms with van der Waals surface area (Å²) in [5, 5.41) is 6.18. The first-order chi connectivity index (χ1) is 8.29. The van der Waals surface area contributed by atoms with Crippen molar-refractivity contribution in [2.75, 3.05) is 5.43 Å². The van der Waals surface area contributed by atoms with E-state index >= 15 is 0 Å². The van der Waals surface area contributed by atoms with E-state index < -0.39 is 0 Å². The van der Waals surface area contributed by atoms with Gasteiger partial charge in [-0.05, 0) is 12.1 Å². The van der Waals surface area contributed by atoms with Gasteiger partial charge in [0.1, 0.15) is 11.5 Å². The zero-order chi connectivity index (χ0) is 12.1. The summed E-state index contributed by atoms with van der Waals surface area (Å²) in [4.78, 5) is 15.7. The average Bonchev–Trinajstić information content (AvgIpc) is 2.89. The summed E-state index contributed by atoms with van der Waals surface area (Å²) in [5.74, 6) is 5.90. The van der Waals surface area contributed by atoms with E-state index in [4.69, 9.17) is 10.4 Å². The predicted octanol–water partition coefficient (Wildman–Crippen LogP) is 0.285. The van der Waals surface area contributed by atoms with Crippen molar-refractivity contribution in [1.82, 2.24) is 15.5 Å². The number of carbonyl (C=O) groups is 1. The van der Waals surface area contributed by atoms with Crippen LogP contribution in [-0.2, 0) is 6.54 Å². The Morgan fingerprint density at radius 1 is 1.41 bits per heavy atom. The van der Waals surface area contributed by atoms with Gasteiger partial charge < -0.3 is 15.3 Å². The van der Waals surface area contributed by atoms with Crippen LogP contribution in [0.4, 0.5) is 5.82 Å². The topological polar surface area (TPSA) is 106 Å². The van der Waals surface area contributed by atoms with Crippen molar-refractivity contribution in [3.8, 4) is 0 Å². The summed E-state index contributed by atoms with van der Waals surface area (Å²) in [5.41, 5.74) is 2.65. The molecule has 0 saturated heterocycles. The molecule has 0 radical (unpaired) electrons. The van der Waals surface area contributed by atoms with E-state index in [2.05, 4.69) is 20.9 Å². The molecule has 0 unspecified atom stereocenters. The number of hydrogen-bond acceptors (Lipinski definition) is 6. The quantitative estimate of drug-likeness (QED) is 0.517. The largest absolute Gasteiger partial charge is 0.360 e. The molecule has 7 heteroatoms. The molecule has 0 aliphatic carbocycles. The van der Waals surface area contributed by atoms with Gasteiger partial charge in [0, 0.05) is 6.07 Å². The third kappa shape index (κ3) is 2.79. The summed E-state index contributed by atoms with van der Waals surface area (Å²) in [6.45, 7) is 0.265. The highest BCUT2D eigenvalue weighted by molar-refractivity contribution is 5.92. The lowest BCUT2D eigenvalue weighted by Gasteiger charge is -2.04. The van der Waals surface area contributed by atoms with Gasteiger partial charge in [0.05, 0.1) is 12.7 Å². The first kappa shape index (κ1) is 11.1. The minimum absolute atomic E-state index is 0.265. The molecule has 0 aliphatic rings. The van der Waals surface area contributed by atoms with Crippen molar-refractivity contribution >= 4 is 11.7 Å². The van der Waals surface area contributed by atoms with Crippen LogP contribution in [0.2, 0.25) is 0 Å². The number of rotatable bonds is 4. The van der Waals surface area contributed by atoms with Gasteiger partial charge in [-0.15, -0.1) is 0 Å². The van der Waals surface area contributed by atoms with Crippen molar-refractivity contribution in [3.63, 3.8) is 0 Å². The van der Waals surface area contributed by atoms with Crippen molar-refractivity contribution < 1.29 is 9.32 Å². The number of carbonyl (C=O) groups excluding carboxylic acids is 1. The third-order valence-electron chi connectivity index (χ3n) is 2.04. The Balaban J connectivity index is 1.99. The summed E-state index contributed by atoms with van der Waals surface area (Å²) in [7, 11) is 0. The molecule has 0 atom stereocenters. The first-order valence-corrected chi connectivity index (χ1v) is 4.91. The van der Waals surface area contributed by atoms with Crippen LogP contribution in [0.1, 0.15) is 16.2 Å². The van der Waals surface area contributed by atoms with Crippen LogP contribution in [0.25, 0.3) is 0 Å². The van der Waals surface area contributed by atoms with E-state index in [0.717, 1.165) is 0 Å². The van der Waals surface area contributed by atoms with Crippen LogP contribution in [0.15, 0.2) is 35.0 Å². The van der Waals surface area contributed by atoms with Gasteiger partial charge in [-0.25, -0.2) is 10.8 Å². The molecule has 0 spiro atoms. The number of aromatic nitrogens is 2. The molecule has 0 fully saturated rings. The second-order valence-electron chi connectivity index (χ2n) is 3.21. The number of nitrogen functional groups attached to an aromatic ring is 1. The Bertz CT molecular complexity index is 497. The molecule has 2 aromatic rings. The standard InChI is InChI=1S/C10H11N5O2/c11-15-9-3-1-2-8(14-9)10(16)12-6-7-4-5-13-17-7/h1-5H,6,11H2,(H,12,16)(H,14,15). The summed E-state index contributed by atoms with van der Waals surface area (Å²) >= 11 is 0. The minimum atomic E-state index is -0.307. The predicted molar refractivity (Wildman–Crippen MR) is 59.7 cm³/mol. The fraction of sp³-hybridized carbons (Fsp3) is 0.100. The van der Waals surface area contributed by atoms with Gasteiger partial charge in [-0.2, -0.15) is 0 Å². The maximum Gasteiger partial charge on any atom is 0.270 e. The molecule has 0 bridgehead atoms. The molecule has 4 N–H and O–H groups in total. The summed E-state index contributed by atoms with van der Waals surface area (Å²) in [6, 6.07) is 6.61. The highest BCUT2D eigenvalue weighted by Crippen LogP contribution is 2.03. The number of nitrogens with zero attached hydrogens (tertiary/aromatic N) is 2. The summed E-state index contributed by atoms with van der Waals surface area (Å²) in [6.07, 6.45) is 1.51. The Kier molecular flexibility index (Phi) is 3.31. The van der Waals surface area contributed by atoms with Crippen molar-refractivity contribution in [2.45, 2.75) is 6.54 Å². The van der Waals surface area contributed by atoms with Crippen LogP contribution in [0, 0.1) is 0 Å². The molecular weight excluding hydrogens is 222 g/mol. The third-order valence-corrected chi connectivity index (χ3v) is 2.04. The Labute approximate surface area is 97.0 Å². The molecule has 1 amide bonds. The van der Waals surface area contributed by atoms with E-state index in [1.165, 1.54) is 6.20 Å². The lowest BCUT2D eigenvalue weighted by molar-refractivity contribution is 0.0942. The van der Waals surface area contributed by atoms with Crippen LogP contribution in [0.3, 0.4) is 0 Å². The van der Waals surface area contributed by atoms with Gasteiger partial charge in [-0.3, -0.25) is 4.79 Å². The molecule has 7 nitrogen and oxygen atoms in total. The average molecular weight is 233 g/mol. The van der Waals surface area contributed by atoms with Gasteiger partial charge in [0.25, 0.3) is 5.91 Å². The van der Waals surface area contributed by atoms with Crippen molar-refractivity contribution in [3.05, 3.63) is 41.9 Å². The van der Waals surface area contributed by atoms with Crippen LogP contribution in [0.5, 0.6) is 0 Å². The number of hydrogen-bond donors (Lipinski definition) is 3. The molecule has 0 aliphatic heterocycles. The lowest BCUT2D eigenvalue weighted by Crippen LogP contribution is -2.24. The zero-order valence-electron chi connectivity index (χ0n) is 8.88. The number of hydrazine groups is 1. The van der Waals surface area contributed by atoms with Crippen LogP contribution < -0.4 is 16.6 Å². The first-order valence-electron chi connectivity index (χ1n) is 4.91. The number of amides is 1. The van der Waals surface area contributed by atoms with Gasteiger partial charge in [-0.1, -0.05) is 11.2 Å². The second kappa shape index (κ2) is 5.08. The molecule has 0 aromatic carbocycles. The van der Waals surface area contributed by atoms with E-state index in [9.17, 15) is 4.79 Å². The second-order valence-corrected chi connectivity index (χ2v) is 3.21. The molecule has 0 saturated carbocycles. The van der Waals surface area contributed by atoms with E-state index in [-0.39, 0.29) is 18.1 Å². The maximum absolute atomic E-state index is 11.7. The number of nitrogens with one attached hydrogen (secondary N) is 2. The highest BCUT2D eigenvalue weighted by atomic mass is 16.5. The van der Waals surface area contributed by atoms with E-state index in [0.29, 0.717) is 11.6 Å². The molecular formula is C10H11N5O2. The zero-order valence-corrected chi connectivity index (χ0v) is 8.88. The SMILES string of the molecule is NNc1cccc(C(=O)NCc2ccno2)n1. The van der Waals surface area contributed by atoms with Crippen LogP contribution in [-0.4, -0.2) is 16.0 Å². The van der Waals surface area contributed by atoms with Gasteiger partial charge in [0.15, 0.2) is 5.76 Å². The fourth-order valence-corrected chi connectivity index (χ4v) is 1.23. The molecule has 17 heavy (non-hydrogen) atoms. The van der Waals surface area contributed by atoms with Crippen LogP contribution >= 0.6 is 0 Å². The number of anilines is 1. The Hall–Kier alpha value is -2.41. The fourth-order valence-electron chi connectivity index (χ4n) is 1.23. The molecule has 2 aromatic heterocycles. The maximum atomic E-state index is 11.7. The smallest absolute Gasteiger partial charge is 0.270 e. The monoisotopic (exact) mass is 233 g/mol. The molecule has 2 heterocycles. The van der Waals surface area contributed by atoms with E-state index in [1.807, 2.05) is 0 Å². The lowest BCUT2D eigenvalue weighted by atomic mass is 10.3. The van der Waals surface area contributed by atoms with Gasteiger partial charge >= 0.3 is 0 Å². The number of pyridine rings is 1. The van der Waals surface area contributed by atoms with Gasteiger partial charge in [0.2, 0.25) is 0 Å². The number of nitrogens with two attached hydrogens (primary N) is 1. The van der Waals surface area contributed by atoms with Crippen molar-refractivity contribution in [1.29, 1.82) is 0 Å². The normalized spacial score (nSPS) is 9.94. The summed E-state index contributed by atoms with van der Waals surface area (Å²) < 4.78 is 4.85. The van der Waals surface area contributed by atoms with Crippen molar-refractivity contribution in [2.24, 2.45) is 5.84 Å². The highest BCUT2D eigenvalue weighted by Gasteiger charge is 2.08. The molecule has 2 rings (SSSR count). The minimum Gasteiger partial charge on any atom is -0.360 e. The Morgan fingerprint density at radius 3 is 3.00 bits per heavy atom. The van der Waals surface area contributed by atoms with E-state index in [1.54, 1.807) is 24.3 Å².